The molecule has 1 aromatic heterocycles. The Bertz CT molecular complexity index is 691. The van der Waals surface area contributed by atoms with Crippen LogP contribution in [0.3, 0.4) is 0 Å². The fraction of sp³-hybridized carbons (Fsp3) is 0.333. The van der Waals surface area contributed by atoms with E-state index in [2.05, 4.69) is 5.32 Å². The van der Waals surface area contributed by atoms with E-state index >= 15 is 0 Å². The second-order valence-electron chi connectivity index (χ2n) is 4.74. The molecule has 0 fully saturated rings. The highest BCUT2D eigenvalue weighted by Gasteiger charge is 2.08. The van der Waals surface area contributed by atoms with E-state index in [1.165, 1.54) is 12.3 Å². The molecule has 0 aliphatic heterocycles. The highest BCUT2D eigenvalue weighted by Crippen LogP contribution is 2.19. The molecule has 0 amide bonds. The minimum absolute atomic E-state index is 0.243. The van der Waals surface area contributed by atoms with Crippen LogP contribution in [-0.4, -0.2) is 21.2 Å². The molecular formula is C15H19NO4S. The summed E-state index contributed by atoms with van der Waals surface area (Å²) in [5, 5.41) is 3.21. The molecule has 6 heteroatoms. The van der Waals surface area contributed by atoms with Gasteiger partial charge in [-0.25, -0.2) is 8.42 Å². The van der Waals surface area contributed by atoms with Gasteiger partial charge in [-0.2, -0.15) is 0 Å². The van der Waals surface area contributed by atoms with Crippen molar-refractivity contribution >= 4 is 9.84 Å². The summed E-state index contributed by atoms with van der Waals surface area (Å²) >= 11 is 0. The molecule has 21 heavy (non-hydrogen) atoms. The van der Waals surface area contributed by atoms with Crippen molar-refractivity contribution in [3.63, 3.8) is 0 Å². The maximum Gasteiger partial charge on any atom is 0.175 e. The second-order valence-corrected chi connectivity index (χ2v) is 6.75. The Kier molecular flexibility index (Phi) is 5.03. The summed E-state index contributed by atoms with van der Waals surface area (Å²) < 4.78 is 33.9. The minimum Gasteiger partial charge on any atom is -0.486 e. The minimum atomic E-state index is -3.23. The SMILES string of the molecule is CCNCc1coc(COc2cccc(S(C)(=O)=O)c2)c1. The summed E-state index contributed by atoms with van der Waals surface area (Å²) in [6, 6.07) is 8.35. The molecule has 1 aromatic carbocycles. The van der Waals surface area contributed by atoms with Crippen LogP contribution in [0.15, 0.2) is 45.9 Å². The molecule has 0 bridgehead atoms. The van der Waals surface area contributed by atoms with Crippen molar-refractivity contribution in [1.82, 2.24) is 5.32 Å². The first kappa shape index (κ1) is 15.6. The summed E-state index contributed by atoms with van der Waals surface area (Å²) in [6.45, 7) is 3.96. The molecule has 0 aliphatic carbocycles. The summed E-state index contributed by atoms with van der Waals surface area (Å²) in [6.07, 6.45) is 2.86. The summed E-state index contributed by atoms with van der Waals surface area (Å²) in [4.78, 5) is 0.243. The average Bonchev–Trinajstić information content (AvgIpc) is 2.90. The molecule has 1 N–H and O–H groups in total. The molecule has 0 aliphatic rings. The first-order valence-corrected chi connectivity index (χ1v) is 8.58. The highest BCUT2D eigenvalue weighted by atomic mass is 32.2. The molecule has 0 radical (unpaired) electrons. The zero-order valence-corrected chi connectivity index (χ0v) is 12.9. The van der Waals surface area contributed by atoms with E-state index in [-0.39, 0.29) is 11.5 Å². The van der Waals surface area contributed by atoms with Gasteiger partial charge in [0, 0.05) is 18.4 Å². The monoisotopic (exact) mass is 309 g/mol. The smallest absolute Gasteiger partial charge is 0.175 e. The fourth-order valence-electron chi connectivity index (χ4n) is 1.81. The third kappa shape index (κ3) is 4.61. The van der Waals surface area contributed by atoms with E-state index in [9.17, 15) is 8.42 Å². The van der Waals surface area contributed by atoms with Crippen LogP contribution in [-0.2, 0) is 23.0 Å². The Hall–Kier alpha value is -1.79. The number of ether oxygens (including phenoxy) is 1. The van der Waals surface area contributed by atoms with Crippen LogP contribution in [0.2, 0.25) is 0 Å². The van der Waals surface area contributed by atoms with Gasteiger partial charge in [-0.3, -0.25) is 0 Å². The second kappa shape index (κ2) is 6.78. The third-order valence-electron chi connectivity index (χ3n) is 2.90. The molecule has 0 saturated heterocycles. The summed E-state index contributed by atoms with van der Waals surface area (Å²) in [7, 11) is -3.23. The standard InChI is InChI=1S/C15H19NO4S/c1-3-16-9-12-7-14(19-10-12)11-20-13-5-4-6-15(8-13)21(2,17)18/h4-8,10,16H,3,9,11H2,1-2H3. The molecule has 0 atom stereocenters. The van der Waals surface area contributed by atoms with Gasteiger partial charge < -0.3 is 14.5 Å². The lowest BCUT2D eigenvalue weighted by atomic mass is 10.3. The number of nitrogens with one attached hydrogen (secondary N) is 1. The molecule has 2 rings (SSSR count). The maximum absolute atomic E-state index is 11.5. The lowest BCUT2D eigenvalue weighted by molar-refractivity contribution is 0.269. The molecule has 5 nitrogen and oxygen atoms in total. The maximum atomic E-state index is 11.5. The van der Waals surface area contributed by atoms with Crippen LogP contribution in [0.1, 0.15) is 18.2 Å². The Morgan fingerprint density at radius 2 is 2.10 bits per heavy atom. The normalized spacial score (nSPS) is 11.5. The molecule has 0 saturated carbocycles. The number of hydrogen-bond donors (Lipinski definition) is 1. The average molecular weight is 309 g/mol. The van der Waals surface area contributed by atoms with E-state index in [4.69, 9.17) is 9.15 Å². The van der Waals surface area contributed by atoms with Gasteiger partial charge in [-0.05, 0) is 30.8 Å². The predicted octanol–water partition coefficient (Wildman–Crippen LogP) is 2.37. The molecule has 0 spiro atoms. The third-order valence-corrected chi connectivity index (χ3v) is 4.01. The van der Waals surface area contributed by atoms with Crippen molar-refractivity contribution in [2.75, 3.05) is 12.8 Å². The molecular weight excluding hydrogens is 290 g/mol. The van der Waals surface area contributed by atoms with Gasteiger partial charge in [0.15, 0.2) is 9.84 Å². The first-order valence-electron chi connectivity index (χ1n) is 6.69. The van der Waals surface area contributed by atoms with Crippen LogP contribution in [0.5, 0.6) is 5.75 Å². The van der Waals surface area contributed by atoms with Gasteiger partial charge in [-0.15, -0.1) is 0 Å². The van der Waals surface area contributed by atoms with Crippen molar-refractivity contribution in [1.29, 1.82) is 0 Å². The lowest BCUT2D eigenvalue weighted by Gasteiger charge is -2.05. The fourth-order valence-corrected chi connectivity index (χ4v) is 2.47. The number of sulfone groups is 1. The van der Waals surface area contributed by atoms with E-state index in [1.807, 2.05) is 13.0 Å². The zero-order chi connectivity index (χ0) is 15.3. The predicted molar refractivity (Wildman–Crippen MR) is 80.0 cm³/mol. The van der Waals surface area contributed by atoms with Gasteiger partial charge >= 0.3 is 0 Å². The Balaban J connectivity index is 1.98. The Morgan fingerprint density at radius 3 is 2.81 bits per heavy atom. The van der Waals surface area contributed by atoms with Crippen LogP contribution in [0.25, 0.3) is 0 Å². The van der Waals surface area contributed by atoms with Crippen LogP contribution >= 0.6 is 0 Å². The highest BCUT2D eigenvalue weighted by molar-refractivity contribution is 7.90. The number of rotatable bonds is 7. The number of furan rings is 1. The molecule has 0 unspecified atom stereocenters. The molecule has 2 aromatic rings. The quantitative estimate of drug-likeness (QED) is 0.850. The van der Waals surface area contributed by atoms with Gasteiger partial charge in [0.2, 0.25) is 0 Å². The van der Waals surface area contributed by atoms with Crippen molar-refractivity contribution in [3.05, 3.63) is 47.9 Å². The van der Waals surface area contributed by atoms with Gasteiger partial charge in [0.25, 0.3) is 0 Å². The van der Waals surface area contributed by atoms with Crippen molar-refractivity contribution in [3.8, 4) is 5.75 Å². The zero-order valence-electron chi connectivity index (χ0n) is 12.1. The molecule has 114 valence electrons. The topological polar surface area (TPSA) is 68.5 Å². The van der Waals surface area contributed by atoms with E-state index in [0.717, 1.165) is 18.7 Å². The van der Waals surface area contributed by atoms with Crippen molar-refractivity contribution in [2.45, 2.75) is 25.0 Å². The summed E-state index contributed by atoms with van der Waals surface area (Å²) in [5.41, 5.74) is 1.06. The van der Waals surface area contributed by atoms with Crippen molar-refractivity contribution < 1.29 is 17.6 Å². The number of benzene rings is 1. The Labute approximate surface area is 124 Å². The van der Waals surface area contributed by atoms with Crippen molar-refractivity contribution in [2.24, 2.45) is 0 Å². The van der Waals surface area contributed by atoms with Crippen LogP contribution < -0.4 is 10.1 Å². The van der Waals surface area contributed by atoms with E-state index in [0.29, 0.717) is 11.5 Å². The van der Waals surface area contributed by atoms with Gasteiger partial charge in [-0.1, -0.05) is 13.0 Å². The Morgan fingerprint density at radius 1 is 1.29 bits per heavy atom. The largest absolute Gasteiger partial charge is 0.486 e. The van der Waals surface area contributed by atoms with Crippen LogP contribution in [0.4, 0.5) is 0 Å². The molecule has 1 heterocycles. The first-order chi connectivity index (χ1) is 9.99. The summed E-state index contributed by atoms with van der Waals surface area (Å²) in [5.74, 6) is 1.20. The van der Waals surface area contributed by atoms with Gasteiger partial charge in [0.05, 0.1) is 11.2 Å². The van der Waals surface area contributed by atoms with E-state index < -0.39 is 9.84 Å². The van der Waals surface area contributed by atoms with Gasteiger partial charge in [0.1, 0.15) is 18.1 Å². The number of hydrogen-bond acceptors (Lipinski definition) is 5. The van der Waals surface area contributed by atoms with Crippen LogP contribution in [0, 0.1) is 0 Å². The van der Waals surface area contributed by atoms with E-state index in [1.54, 1.807) is 24.5 Å². The lowest BCUT2D eigenvalue weighted by Crippen LogP contribution is -2.10.